The van der Waals surface area contributed by atoms with Crippen molar-refractivity contribution < 1.29 is 4.79 Å². The number of hydrogen-bond acceptors (Lipinski definition) is 3. The van der Waals surface area contributed by atoms with Crippen molar-refractivity contribution >= 4 is 17.2 Å². The van der Waals surface area contributed by atoms with Gasteiger partial charge in [0.25, 0.3) is 0 Å². The monoisotopic (exact) mass is 365 g/mol. The highest BCUT2D eigenvalue weighted by Gasteiger charge is 2.21. The van der Waals surface area contributed by atoms with Gasteiger partial charge in [0.1, 0.15) is 11.6 Å². The van der Waals surface area contributed by atoms with Crippen molar-refractivity contribution in [3.8, 4) is 22.0 Å². The topological polar surface area (TPSA) is 38.1 Å². The Bertz CT molecular complexity index is 876. The summed E-state index contributed by atoms with van der Waals surface area (Å²) in [5.74, 6) is 0.933. The molecule has 0 aliphatic carbocycles. The molecule has 0 radical (unpaired) electrons. The first-order chi connectivity index (χ1) is 12.7. The number of hydrogen-bond donors (Lipinski definition) is 0. The maximum atomic E-state index is 12.7. The van der Waals surface area contributed by atoms with E-state index in [0.717, 1.165) is 53.8 Å². The molecular formula is C21H23N3OS. The van der Waals surface area contributed by atoms with Crippen LogP contribution in [0.15, 0.2) is 54.0 Å². The fourth-order valence-electron chi connectivity index (χ4n) is 3.38. The van der Waals surface area contributed by atoms with Crippen LogP contribution in [0.3, 0.4) is 0 Å². The van der Waals surface area contributed by atoms with Crippen LogP contribution >= 0.6 is 11.3 Å². The minimum Gasteiger partial charge on any atom is -0.341 e. The Morgan fingerprint density at radius 1 is 1.15 bits per heavy atom. The van der Waals surface area contributed by atoms with Crippen LogP contribution in [0.2, 0.25) is 0 Å². The molecule has 0 bridgehead atoms. The van der Waals surface area contributed by atoms with Crippen LogP contribution in [0.1, 0.15) is 19.8 Å². The maximum absolute atomic E-state index is 12.7. The summed E-state index contributed by atoms with van der Waals surface area (Å²) in [4.78, 5) is 19.5. The number of nitrogens with zero attached hydrogens (tertiary/aromatic N) is 3. The lowest BCUT2D eigenvalue weighted by Crippen LogP contribution is -2.39. The fourth-order valence-corrected chi connectivity index (χ4v) is 4.25. The normalized spacial score (nSPS) is 15.3. The number of thiazole rings is 1. The number of rotatable bonds is 4. The van der Waals surface area contributed by atoms with E-state index in [4.69, 9.17) is 4.98 Å². The highest BCUT2D eigenvalue weighted by molar-refractivity contribution is 7.13. The average molecular weight is 366 g/mol. The predicted molar refractivity (Wildman–Crippen MR) is 106 cm³/mol. The van der Waals surface area contributed by atoms with Crippen LogP contribution in [0.5, 0.6) is 0 Å². The summed E-state index contributed by atoms with van der Waals surface area (Å²) in [6, 6.07) is 14.2. The lowest BCUT2D eigenvalue weighted by molar-refractivity contribution is -0.133. The predicted octanol–water partition coefficient (Wildman–Crippen LogP) is 4.54. The Morgan fingerprint density at radius 2 is 1.92 bits per heavy atom. The van der Waals surface area contributed by atoms with E-state index >= 15 is 0 Å². The number of carbonyl (C=O) groups excluding carboxylic acids is 1. The quantitative estimate of drug-likeness (QED) is 0.681. The lowest BCUT2D eigenvalue weighted by Gasteiger charge is -2.30. The Morgan fingerprint density at radius 3 is 2.69 bits per heavy atom. The summed E-state index contributed by atoms with van der Waals surface area (Å²) in [7, 11) is 0. The third-order valence-corrected chi connectivity index (χ3v) is 5.93. The van der Waals surface area contributed by atoms with Gasteiger partial charge in [-0.25, -0.2) is 4.98 Å². The Kier molecular flexibility index (Phi) is 4.89. The van der Waals surface area contributed by atoms with Crippen LogP contribution in [-0.4, -0.2) is 33.4 Å². The second kappa shape index (κ2) is 7.46. The number of carbonyl (C=O) groups is 1. The third kappa shape index (κ3) is 3.58. The molecular weight excluding hydrogens is 342 g/mol. The SMILES string of the molecule is CC1CCN(C(=O)Cn2cccc2-c2nc(-c3ccccc3)cs2)CC1. The second-order valence-corrected chi connectivity index (χ2v) is 7.85. The minimum atomic E-state index is 0.203. The standard InChI is InChI=1S/C21H23N3OS/c1-16-9-12-23(13-10-16)20(25)14-24-11-5-8-19(24)21-22-18(15-26-21)17-6-3-2-4-7-17/h2-8,11,15-16H,9-10,12-14H2,1H3. The summed E-state index contributed by atoms with van der Waals surface area (Å²) in [6.45, 7) is 4.41. The number of benzene rings is 1. The van der Waals surface area contributed by atoms with Gasteiger partial charge in [0.2, 0.25) is 5.91 Å². The smallest absolute Gasteiger partial charge is 0.242 e. The van der Waals surface area contributed by atoms with E-state index < -0.39 is 0 Å². The molecule has 3 aromatic rings. The van der Waals surface area contributed by atoms with E-state index in [2.05, 4.69) is 24.4 Å². The lowest BCUT2D eigenvalue weighted by atomic mass is 9.99. The van der Waals surface area contributed by atoms with Crippen molar-refractivity contribution in [2.45, 2.75) is 26.3 Å². The second-order valence-electron chi connectivity index (χ2n) is 6.99. The van der Waals surface area contributed by atoms with Crippen molar-refractivity contribution in [1.29, 1.82) is 0 Å². The molecule has 0 N–H and O–H groups in total. The van der Waals surface area contributed by atoms with E-state index in [0.29, 0.717) is 6.54 Å². The molecule has 134 valence electrons. The number of likely N-dealkylation sites (tertiary alicyclic amines) is 1. The van der Waals surface area contributed by atoms with E-state index in [-0.39, 0.29) is 5.91 Å². The Labute approximate surface area is 158 Å². The molecule has 0 saturated carbocycles. The third-order valence-electron chi connectivity index (χ3n) is 5.06. The molecule has 1 saturated heterocycles. The van der Waals surface area contributed by atoms with Crippen LogP contribution < -0.4 is 0 Å². The average Bonchev–Trinajstić information content (AvgIpc) is 3.32. The highest BCUT2D eigenvalue weighted by atomic mass is 32.1. The largest absolute Gasteiger partial charge is 0.341 e. The minimum absolute atomic E-state index is 0.203. The van der Waals surface area contributed by atoms with Crippen molar-refractivity contribution in [3.05, 3.63) is 54.0 Å². The van der Waals surface area contributed by atoms with Gasteiger partial charge in [0, 0.05) is 30.2 Å². The molecule has 1 aliphatic heterocycles. The summed E-state index contributed by atoms with van der Waals surface area (Å²) in [5, 5.41) is 3.03. The summed E-state index contributed by atoms with van der Waals surface area (Å²) >= 11 is 1.62. The van der Waals surface area contributed by atoms with Gasteiger partial charge in [0.05, 0.1) is 11.4 Å². The molecule has 4 rings (SSSR count). The van der Waals surface area contributed by atoms with Crippen LogP contribution in [0, 0.1) is 5.92 Å². The molecule has 0 atom stereocenters. The van der Waals surface area contributed by atoms with E-state index in [1.165, 1.54) is 0 Å². The van der Waals surface area contributed by atoms with E-state index in [9.17, 15) is 4.79 Å². The van der Waals surface area contributed by atoms with Gasteiger partial charge in [-0.05, 0) is 30.9 Å². The van der Waals surface area contributed by atoms with Gasteiger partial charge in [0.15, 0.2) is 0 Å². The molecule has 0 unspecified atom stereocenters. The number of amides is 1. The van der Waals surface area contributed by atoms with Crippen molar-refractivity contribution in [3.63, 3.8) is 0 Å². The zero-order valence-electron chi connectivity index (χ0n) is 15.0. The number of aromatic nitrogens is 2. The van der Waals surface area contributed by atoms with Crippen LogP contribution in [-0.2, 0) is 11.3 Å². The van der Waals surface area contributed by atoms with Gasteiger partial charge in [-0.1, -0.05) is 37.3 Å². The molecule has 1 amide bonds. The Balaban J connectivity index is 1.51. The molecule has 1 aliphatic rings. The first-order valence-electron chi connectivity index (χ1n) is 9.15. The zero-order chi connectivity index (χ0) is 17.9. The van der Waals surface area contributed by atoms with Gasteiger partial charge in [-0.3, -0.25) is 4.79 Å². The maximum Gasteiger partial charge on any atom is 0.242 e. The summed E-state index contributed by atoms with van der Waals surface area (Å²) in [5.41, 5.74) is 3.11. The van der Waals surface area contributed by atoms with Gasteiger partial charge >= 0.3 is 0 Å². The molecule has 4 nitrogen and oxygen atoms in total. The molecule has 1 aromatic carbocycles. The van der Waals surface area contributed by atoms with E-state index in [1.807, 2.05) is 46.0 Å². The van der Waals surface area contributed by atoms with Gasteiger partial charge < -0.3 is 9.47 Å². The molecule has 2 aromatic heterocycles. The molecule has 5 heteroatoms. The van der Waals surface area contributed by atoms with Crippen LogP contribution in [0.4, 0.5) is 0 Å². The van der Waals surface area contributed by atoms with Crippen molar-refractivity contribution in [2.24, 2.45) is 5.92 Å². The molecule has 3 heterocycles. The van der Waals surface area contributed by atoms with Gasteiger partial charge in [-0.15, -0.1) is 11.3 Å². The van der Waals surface area contributed by atoms with Crippen LogP contribution in [0.25, 0.3) is 22.0 Å². The molecule has 0 spiro atoms. The van der Waals surface area contributed by atoms with Gasteiger partial charge in [-0.2, -0.15) is 0 Å². The first kappa shape index (κ1) is 17.0. The van der Waals surface area contributed by atoms with Crippen molar-refractivity contribution in [2.75, 3.05) is 13.1 Å². The molecule has 1 fully saturated rings. The summed E-state index contributed by atoms with van der Waals surface area (Å²) in [6.07, 6.45) is 4.19. The highest BCUT2D eigenvalue weighted by Crippen LogP contribution is 2.29. The van der Waals surface area contributed by atoms with E-state index in [1.54, 1.807) is 11.3 Å². The molecule has 26 heavy (non-hydrogen) atoms. The Hall–Kier alpha value is -2.40. The summed E-state index contributed by atoms with van der Waals surface area (Å²) < 4.78 is 2.02. The first-order valence-corrected chi connectivity index (χ1v) is 10.0. The fraction of sp³-hybridized carbons (Fsp3) is 0.333. The number of piperidine rings is 1. The zero-order valence-corrected chi connectivity index (χ0v) is 15.8. The van der Waals surface area contributed by atoms with Crippen molar-refractivity contribution in [1.82, 2.24) is 14.5 Å².